The van der Waals surface area contributed by atoms with Crippen molar-refractivity contribution in [2.75, 3.05) is 17.3 Å². The lowest BCUT2D eigenvalue weighted by molar-refractivity contribution is -0.119. The van der Waals surface area contributed by atoms with Gasteiger partial charge in [-0.2, -0.15) is 16.9 Å². The summed E-state index contributed by atoms with van der Waals surface area (Å²) < 4.78 is 1.95. The number of nitrogens with zero attached hydrogens (tertiary/aromatic N) is 3. The molecular weight excluding hydrogens is 322 g/mol. The molecule has 6 nitrogen and oxygen atoms in total. The number of aromatic nitrogens is 4. The van der Waals surface area contributed by atoms with Crippen LogP contribution >= 0.6 is 11.8 Å². The highest BCUT2D eigenvalue weighted by Crippen LogP contribution is 2.21. The van der Waals surface area contributed by atoms with E-state index in [9.17, 15) is 4.79 Å². The van der Waals surface area contributed by atoms with E-state index in [0.717, 1.165) is 23.4 Å². The van der Waals surface area contributed by atoms with Crippen molar-refractivity contribution in [2.45, 2.75) is 12.5 Å². The maximum Gasteiger partial charge on any atom is 0.247 e. The number of carbonyl (C=O) groups is 1. The first-order chi connectivity index (χ1) is 11.8. The van der Waals surface area contributed by atoms with Crippen molar-refractivity contribution in [3.63, 3.8) is 0 Å². The molecule has 2 aromatic heterocycles. The molecule has 0 saturated heterocycles. The monoisotopic (exact) mass is 341 g/mol. The second-order valence-corrected chi connectivity index (χ2v) is 6.32. The van der Waals surface area contributed by atoms with E-state index in [-0.39, 0.29) is 11.9 Å². The number of benzene rings is 1. The molecule has 1 atom stereocenters. The molecule has 2 heterocycles. The topological polar surface area (TPSA) is 75.6 Å². The number of aromatic amines is 1. The lowest BCUT2D eigenvalue weighted by Gasteiger charge is -2.18. The van der Waals surface area contributed by atoms with Gasteiger partial charge in [0.2, 0.25) is 5.91 Å². The van der Waals surface area contributed by atoms with Crippen LogP contribution in [0.4, 0.5) is 5.69 Å². The zero-order valence-electron chi connectivity index (χ0n) is 13.3. The van der Waals surface area contributed by atoms with E-state index in [4.69, 9.17) is 0 Å². The van der Waals surface area contributed by atoms with Crippen LogP contribution in [0.15, 0.2) is 55.1 Å². The normalized spacial score (nSPS) is 12.0. The van der Waals surface area contributed by atoms with Crippen LogP contribution in [0.5, 0.6) is 0 Å². The summed E-state index contributed by atoms with van der Waals surface area (Å²) in [7, 11) is 0. The minimum atomic E-state index is -0.221. The molecule has 1 aromatic carbocycles. The zero-order chi connectivity index (χ0) is 16.8. The van der Waals surface area contributed by atoms with Gasteiger partial charge in [-0.05, 0) is 42.7 Å². The highest BCUT2D eigenvalue weighted by molar-refractivity contribution is 7.98. The summed E-state index contributed by atoms with van der Waals surface area (Å²) in [5, 5.41) is 9.69. The number of hydrogen-bond donors (Lipinski definition) is 2. The van der Waals surface area contributed by atoms with Gasteiger partial charge in [0.15, 0.2) is 5.82 Å². The number of H-pyrrole nitrogens is 1. The number of amides is 1. The molecule has 1 amide bonds. The van der Waals surface area contributed by atoms with Crippen LogP contribution < -0.4 is 5.32 Å². The van der Waals surface area contributed by atoms with Gasteiger partial charge in [0.05, 0.1) is 0 Å². The average molecular weight is 341 g/mol. The number of carbonyl (C=O) groups excluding carboxylic acids is 1. The summed E-state index contributed by atoms with van der Waals surface area (Å²) >= 11 is 1.74. The molecule has 1 unspecified atom stereocenters. The van der Waals surface area contributed by atoms with Crippen LogP contribution in [0.1, 0.15) is 12.5 Å². The lowest BCUT2D eigenvalue weighted by Crippen LogP contribution is -2.25. The zero-order valence-corrected chi connectivity index (χ0v) is 14.2. The van der Waals surface area contributed by atoms with Gasteiger partial charge in [0, 0.05) is 23.6 Å². The summed E-state index contributed by atoms with van der Waals surface area (Å²) in [6.07, 6.45) is 8.14. The first-order valence-electron chi connectivity index (χ1n) is 7.66. The molecule has 0 aliphatic carbocycles. The minimum absolute atomic E-state index is 0.0185. The molecule has 0 aliphatic heterocycles. The summed E-state index contributed by atoms with van der Waals surface area (Å²) in [5.41, 5.74) is 1.63. The predicted octanol–water partition coefficient (Wildman–Crippen LogP) is 3.21. The number of rotatable bonds is 7. The summed E-state index contributed by atoms with van der Waals surface area (Å²) in [6.45, 7) is 0. The minimum Gasteiger partial charge on any atom is -0.342 e. The van der Waals surface area contributed by atoms with Crippen molar-refractivity contribution in [3.8, 4) is 11.4 Å². The Morgan fingerprint density at radius 3 is 2.88 bits per heavy atom. The van der Waals surface area contributed by atoms with E-state index in [1.54, 1.807) is 11.8 Å². The Bertz CT molecular complexity index is 770. The molecule has 0 fully saturated rings. The predicted molar refractivity (Wildman–Crippen MR) is 96.9 cm³/mol. The van der Waals surface area contributed by atoms with Crippen molar-refractivity contribution in [1.82, 2.24) is 19.7 Å². The van der Waals surface area contributed by atoms with Gasteiger partial charge >= 0.3 is 0 Å². The smallest absolute Gasteiger partial charge is 0.247 e. The van der Waals surface area contributed by atoms with Crippen LogP contribution in [-0.4, -0.2) is 37.7 Å². The van der Waals surface area contributed by atoms with Gasteiger partial charge in [0.25, 0.3) is 0 Å². The quantitative estimate of drug-likeness (QED) is 0.692. The summed E-state index contributed by atoms with van der Waals surface area (Å²) in [6, 6.07) is 11.2. The molecule has 124 valence electrons. The fourth-order valence-electron chi connectivity index (χ4n) is 2.52. The Hall–Kier alpha value is -2.54. The second kappa shape index (κ2) is 7.83. The van der Waals surface area contributed by atoms with E-state index in [1.165, 1.54) is 6.33 Å². The third-order valence-corrected chi connectivity index (χ3v) is 4.35. The fourth-order valence-corrected chi connectivity index (χ4v) is 2.97. The fraction of sp³-hybridized carbons (Fsp3) is 0.235. The third kappa shape index (κ3) is 3.86. The van der Waals surface area contributed by atoms with E-state index in [2.05, 4.69) is 20.5 Å². The Kier molecular flexibility index (Phi) is 5.32. The second-order valence-electron chi connectivity index (χ2n) is 5.33. The Morgan fingerprint density at radius 1 is 1.33 bits per heavy atom. The number of anilines is 1. The Labute approximate surface area is 144 Å². The van der Waals surface area contributed by atoms with E-state index >= 15 is 0 Å². The average Bonchev–Trinajstić information content (AvgIpc) is 3.29. The van der Waals surface area contributed by atoms with Crippen molar-refractivity contribution >= 4 is 23.4 Å². The van der Waals surface area contributed by atoms with Crippen molar-refractivity contribution in [2.24, 2.45) is 0 Å². The molecule has 7 heteroatoms. The Balaban J connectivity index is 1.76. The third-order valence-electron chi connectivity index (χ3n) is 3.70. The number of hydrogen-bond acceptors (Lipinski definition) is 4. The van der Waals surface area contributed by atoms with Crippen LogP contribution in [-0.2, 0) is 4.79 Å². The molecule has 0 bridgehead atoms. The van der Waals surface area contributed by atoms with Crippen molar-refractivity contribution < 1.29 is 4.79 Å². The Morgan fingerprint density at radius 2 is 2.17 bits per heavy atom. The van der Waals surface area contributed by atoms with Gasteiger partial charge in [-0.1, -0.05) is 12.1 Å². The highest BCUT2D eigenvalue weighted by atomic mass is 32.2. The maximum absolute atomic E-state index is 12.7. The lowest BCUT2D eigenvalue weighted by atomic mass is 10.1. The molecule has 0 aliphatic rings. The van der Waals surface area contributed by atoms with Crippen LogP contribution in [0.25, 0.3) is 11.4 Å². The number of nitrogens with one attached hydrogen (secondary N) is 2. The van der Waals surface area contributed by atoms with Gasteiger partial charge in [-0.15, -0.1) is 0 Å². The van der Waals surface area contributed by atoms with Gasteiger partial charge in [-0.3, -0.25) is 9.89 Å². The molecule has 3 aromatic rings. The molecule has 0 saturated carbocycles. The van der Waals surface area contributed by atoms with Crippen LogP contribution in [0.2, 0.25) is 0 Å². The molecule has 3 rings (SSSR count). The van der Waals surface area contributed by atoms with Gasteiger partial charge in [-0.25, -0.2) is 4.98 Å². The molecule has 0 spiro atoms. The van der Waals surface area contributed by atoms with E-state index < -0.39 is 0 Å². The molecule has 0 radical (unpaired) electrons. The van der Waals surface area contributed by atoms with Gasteiger partial charge in [0.1, 0.15) is 12.4 Å². The maximum atomic E-state index is 12.7. The highest BCUT2D eigenvalue weighted by Gasteiger charge is 2.19. The summed E-state index contributed by atoms with van der Waals surface area (Å²) in [4.78, 5) is 16.9. The number of thioether (sulfide) groups is 1. The van der Waals surface area contributed by atoms with E-state index in [0.29, 0.717) is 5.82 Å². The first-order valence-corrected chi connectivity index (χ1v) is 9.05. The molecular formula is C17H19N5OS. The van der Waals surface area contributed by atoms with Crippen molar-refractivity contribution in [3.05, 3.63) is 55.1 Å². The SMILES string of the molecule is CSCCC(C(=O)Nc1cccc(-c2ncn[nH]2)c1)n1cccc1. The first kappa shape index (κ1) is 16.3. The largest absolute Gasteiger partial charge is 0.342 e. The standard InChI is InChI=1S/C17H19N5OS/c1-24-10-7-15(22-8-2-3-9-22)17(23)20-14-6-4-5-13(11-14)16-18-12-19-21-16/h2-6,8-9,11-12,15H,7,10H2,1H3,(H,20,23)(H,18,19,21). The van der Waals surface area contributed by atoms with Crippen LogP contribution in [0, 0.1) is 0 Å². The van der Waals surface area contributed by atoms with Crippen molar-refractivity contribution in [1.29, 1.82) is 0 Å². The summed E-state index contributed by atoms with van der Waals surface area (Å²) in [5.74, 6) is 1.58. The molecule has 2 N–H and O–H groups in total. The van der Waals surface area contributed by atoms with Crippen LogP contribution in [0.3, 0.4) is 0 Å². The van der Waals surface area contributed by atoms with Gasteiger partial charge < -0.3 is 9.88 Å². The molecule has 24 heavy (non-hydrogen) atoms. The van der Waals surface area contributed by atoms with E-state index in [1.807, 2.05) is 59.6 Å².